The molecule has 1 N–H and O–H groups in total. The molecule has 1 aromatic heterocycles. The number of aromatic nitrogens is 1. The topological polar surface area (TPSA) is 94.6 Å². The Labute approximate surface area is 161 Å². The van der Waals surface area contributed by atoms with E-state index in [0.717, 1.165) is 16.9 Å². The third-order valence-electron chi connectivity index (χ3n) is 3.66. The average molecular weight is 390 g/mol. The zero-order valence-electron chi connectivity index (χ0n) is 15.3. The van der Waals surface area contributed by atoms with E-state index in [0.29, 0.717) is 12.8 Å². The number of amides is 1. The highest BCUT2D eigenvalue weighted by atomic mass is 32.1. The van der Waals surface area contributed by atoms with Gasteiger partial charge in [-0.2, -0.15) is 0 Å². The second-order valence-electron chi connectivity index (χ2n) is 5.66. The molecule has 27 heavy (non-hydrogen) atoms. The molecule has 144 valence electrons. The Bertz CT molecular complexity index is 775. The Morgan fingerprint density at radius 2 is 1.93 bits per heavy atom. The molecule has 0 fully saturated rings. The summed E-state index contributed by atoms with van der Waals surface area (Å²) in [6.07, 6.45) is 0.325. The van der Waals surface area contributed by atoms with Gasteiger partial charge in [-0.25, -0.2) is 14.6 Å². The molecule has 0 aliphatic rings. The molecule has 7 nitrogen and oxygen atoms in total. The zero-order chi connectivity index (χ0) is 19.6. The van der Waals surface area contributed by atoms with Crippen molar-refractivity contribution < 1.29 is 23.9 Å². The first kappa shape index (κ1) is 20.6. The van der Waals surface area contributed by atoms with E-state index in [4.69, 9.17) is 9.47 Å². The van der Waals surface area contributed by atoms with Gasteiger partial charge >= 0.3 is 12.1 Å². The lowest BCUT2D eigenvalue weighted by Gasteiger charge is -2.16. The van der Waals surface area contributed by atoms with Crippen LogP contribution in [0.4, 0.5) is 4.79 Å². The number of ketones is 1. The predicted octanol–water partition coefficient (Wildman–Crippen LogP) is 3.25. The van der Waals surface area contributed by atoms with Crippen LogP contribution in [0.2, 0.25) is 0 Å². The summed E-state index contributed by atoms with van der Waals surface area (Å²) in [5, 5.41) is 4.02. The Kier molecular flexibility index (Phi) is 7.94. The highest BCUT2D eigenvalue weighted by Gasteiger charge is 2.18. The van der Waals surface area contributed by atoms with Crippen LogP contribution in [0.15, 0.2) is 35.7 Å². The molecule has 0 saturated heterocycles. The number of thiazole rings is 1. The van der Waals surface area contributed by atoms with Gasteiger partial charge in [0.15, 0.2) is 10.7 Å². The van der Waals surface area contributed by atoms with Gasteiger partial charge in [-0.15, -0.1) is 11.3 Å². The van der Waals surface area contributed by atoms with Gasteiger partial charge < -0.3 is 14.8 Å². The van der Waals surface area contributed by atoms with Crippen LogP contribution in [-0.4, -0.2) is 42.1 Å². The monoisotopic (exact) mass is 390 g/mol. The van der Waals surface area contributed by atoms with Gasteiger partial charge in [0.2, 0.25) is 5.78 Å². The van der Waals surface area contributed by atoms with Crippen molar-refractivity contribution in [1.29, 1.82) is 0 Å². The normalized spacial score (nSPS) is 11.5. The Hall–Kier alpha value is -2.74. The highest BCUT2D eigenvalue weighted by Crippen LogP contribution is 2.12. The smallest absolute Gasteiger partial charge is 0.407 e. The van der Waals surface area contributed by atoms with Crippen LogP contribution in [0.25, 0.3) is 0 Å². The number of alkyl carbamates (subject to hydrolysis) is 1. The summed E-state index contributed by atoms with van der Waals surface area (Å²) in [6, 6.07) is 9.72. The first-order valence-electron chi connectivity index (χ1n) is 8.67. The van der Waals surface area contributed by atoms with Crippen molar-refractivity contribution in [2.24, 2.45) is 0 Å². The van der Waals surface area contributed by atoms with Crippen LogP contribution < -0.4 is 5.32 Å². The predicted molar refractivity (Wildman–Crippen MR) is 101 cm³/mol. The number of Topliss-reactive ketones (excluding diaryl/α,β-unsaturated/α-hetero) is 1. The number of nitrogens with zero attached hydrogens (tertiary/aromatic N) is 1. The molecule has 2 rings (SSSR count). The average Bonchev–Trinajstić information content (AvgIpc) is 3.17. The number of nitrogens with one attached hydrogen (secondary N) is 1. The van der Waals surface area contributed by atoms with E-state index in [1.165, 1.54) is 5.38 Å². The van der Waals surface area contributed by atoms with Gasteiger partial charge in [0.1, 0.15) is 6.10 Å². The standard InChI is InChI=1S/C19H22N2O5S/c1-3-14(10-13-8-6-5-7-9-13)26-19(24)20-11-16(22)17-21-15(12-27-17)18(23)25-4-2/h5-9,12,14H,3-4,10-11H2,1-2H3,(H,20,24). The Morgan fingerprint density at radius 3 is 2.59 bits per heavy atom. The maximum absolute atomic E-state index is 12.1. The first-order chi connectivity index (χ1) is 13.0. The third kappa shape index (κ3) is 6.49. The Morgan fingerprint density at radius 1 is 1.19 bits per heavy atom. The zero-order valence-corrected chi connectivity index (χ0v) is 16.1. The molecule has 0 aliphatic heterocycles. The van der Waals surface area contributed by atoms with E-state index in [1.54, 1.807) is 6.92 Å². The summed E-state index contributed by atoms with van der Waals surface area (Å²) in [6.45, 7) is 3.59. The van der Waals surface area contributed by atoms with Crippen LogP contribution >= 0.6 is 11.3 Å². The molecule has 0 spiro atoms. The molecule has 1 amide bonds. The summed E-state index contributed by atoms with van der Waals surface area (Å²) in [7, 11) is 0. The summed E-state index contributed by atoms with van der Waals surface area (Å²) >= 11 is 1.03. The summed E-state index contributed by atoms with van der Waals surface area (Å²) in [5.74, 6) is -0.976. The molecule has 0 aliphatic carbocycles. The molecule has 0 bridgehead atoms. The largest absolute Gasteiger partial charge is 0.461 e. The molecule has 1 aromatic carbocycles. The second kappa shape index (κ2) is 10.4. The van der Waals surface area contributed by atoms with E-state index >= 15 is 0 Å². The van der Waals surface area contributed by atoms with Crippen molar-refractivity contribution in [3.8, 4) is 0 Å². The minimum absolute atomic E-state index is 0.0849. The van der Waals surface area contributed by atoms with Crippen molar-refractivity contribution in [2.75, 3.05) is 13.2 Å². The van der Waals surface area contributed by atoms with Gasteiger partial charge in [-0.05, 0) is 18.9 Å². The lowest BCUT2D eigenvalue weighted by molar-refractivity contribution is 0.0520. The third-order valence-corrected chi connectivity index (χ3v) is 4.54. The van der Waals surface area contributed by atoms with Crippen LogP contribution in [0, 0.1) is 0 Å². The van der Waals surface area contributed by atoms with E-state index in [2.05, 4.69) is 10.3 Å². The van der Waals surface area contributed by atoms with E-state index in [9.17, 15) is 14.4 Å². The maximum Gasteiger partial charge on any atom is 0.407 e. The Balaban J connectivity index is 1.82. The quantitative estimate of drug-likeness (QED) is 0.522. The fourth-order valence-electron chi connectivity index (χ4n) is 2.27. The highest BCUT2D eigenvalue weighted by molar-refractivity contribution is 7.12. The lowest BCUT2D eigenvalue weighted by atomic mass is 10.1. The molecule has 1 atom stereocenters. The van der Waals surface area contributed by atoms with Gasteiger partial charge in [0, 0.05) is 11.8 Å². The molecule has 0 radical (unpaired) electrons. The SMILES string of the molecule is CCOC(=O)c1csc(C(=O)CNC(=O)OC(CC)Cc2ccccc2)n1. The molecule has 8 heteroatoms. The number of benzene rings is 1. The van der Waals surface area contributed by atoms with Crippen molar-refractivity contribution in [2.45, 2.75) is 32.8 Å². The molecule has 1 unspecified atom stereocenters. The molecular formula is C19H22N2O5S. The summed E-state index contributed by atoms with van der Waals surface area (Å²) < 4.78 is 10.2. The number of hydrogen-bond acceptors (Lipinski definition) is 7. The number of rotatable bonds is 9. The van der Waals surface area contributed by atoms with Crippen LogP contribution in [0.3, 0.4) is 0 Å². The van der Waals surface area contributed by atoms with Crippen LogP contribution in [0.1, 0.15) is 46.1 Å². The number of esters is 1. The molecule has 1 heterocycles. The molecule has 0 saturated carbocycles. The fraction of sp³-hybridized carbons (Fsp3) is 0.368. The summed E-state index contributed by atoms with van der Waals surface area (Å²) in [4.78, 5) is 39.6. The number of carbonyl (C=O) groups excluding carboxylic acids is 3. The van der Waals surface area contributed by atoms with Crippen LogP contribution in [-0.2, 0) is 15.9 Å². The van der Waals surface area contributed by atoms with Gasteiger partial charge in [-0.1, -0.05) is 37.3 Å². The summed E-state index contributed by atoms with van der Waals surface area (Å²) in [5.41, 5.74) is 1.16. The van der Waals surface area contributed by atoms with Crippen LogP contribution in [0.5, 0.6) is 0 Å². The number of ether oxygens (including phenoxy) is 2. The van der Waals surface area contributed by atoms with Crippen molar-refractivity contribution in [3.63, 3.8) is 0 Å². The molecule has 2 aromatic rings. The fourth-order valence-corrected chi connectivity index (χ4v) is 2.99. The lowest BCUT2D eigenvalue weighted by Crippen LogP contribution is -2.33. The maximum atomic E-state index is 12.1. The van der Waals surface area contributed by atoms with Crippen molar-refractivity contribution in [1.82, 2.24) is 10.3 Å². The van der Waals surface area contributed by atoms with E-state index in [-0.39, 0.29) is 30.0 Å². The van der Waals surface area contributed by atoms with E-state index < -0.39 is 17.8 Å². The van der Waals surface area contributed by atoms with Gasteiger partial charge in [0.05, 0.1) is 13.2 Å². The van der Waals surface area contributed by atoms with Crippen molar-refractivity contribution >= 4 is 29.2 Å². The van der Waals surface area contributed by atoms with Crippen molar-refractivity contribution in [3.05, 3.63) is 52.0 Å². The van der Waals surface area contributed by atoms with Gasteiger partial charge in [0.25, 0.3) is 0 Å². The second-order valence-corrected chi connectivity index (χ2v) is 6.52. The van der Waals surface area contributed by atoms with Gasteiger partial charge in [-0.3, -0.25) is 4.79 Å². The van der Waals surface area contributed by atoms with E-state index in [1.807, 2.05) is 37.3 Å². The number of carbonyl (C=O) groups is 3. The molecular weight excluding hydrogens is 368 g/mol. The minimum atomic E-state index is -0.659. The minimum Gasteiger partial charge on any atom is -0.461 e. The first-order valence-corrected chi connectivity index (χ1v) is 9.55. The number of hydrogen-bond donors (Lipinski definition) is 1.